The molecule has 1 heterocycles. The third kappa shape index (κ3) is 6.13. The summed E-state index contributed by atoms with van der Waals surface area (Å²) in [6, 6.07) is 13.2. The zero-order valence-corrected chi connectivity index (χ0v) is 19.0. The van der Waals surface area contributed by atoms with Crippen LogP contribution in [0.2, 0.25) is 0 Å². The minimum absolute atomic E-state index is 0.00884. The summed E-state index contributed by atoms with van der Waals surface area (Å²) in [6.45, 7) is 1.14. The van der Waals surface area contributed by atoms with Gasteiger partial charge in [-0.3, -0.25) is 25.2 Å². The van der Waals surface area contributed by atoms with Gasteiger partial charge in [-0.15, -0.1) is 0 Å². The van der Waals surface area contributed by atoms with Gasteiger partial charge >= 0.3 is 11.9 Å². The van der Waals surface area contributed by atoms with Crippen molar-refractivity contribution in [2.75, 3.05) is 18.4 Å². The van der Waals surface area contributed by atoms with Crippen LogP contribution >= 0.6 is 0 Å². The lowest BCUT2D eigenvalue weighted by Crippen LogP contribution is -2.43. The Morgan fingerprint density at radius 3 is 2.38 bits per heavy atom. The van der Waals surface area contributed by atoms with Crippen molar-refractivity contribution in [2.45, 2.75) is 11.8 Å². The highest BCUT2D eigenvalue weighted by molar-refractivity contribution is 7.92. The van der Waals surface area contributed by atoms with E-state index < -0.39 is 34.4 Å². The first-order valence-corrected chi connectivity index (χ1v) is 11.3. The fourth-order valence-electron chi connectivity index (χ4n) is 2.69. The van der Waals surface area contributed by atoms with Crippen LogP contribution in [0.5, 0.6) is 5.75 Å². The molecule has 178 valence electrons. The van der Waals surface area contributed by atoms with Crippen molar-refractivity contribution in [1.82, 2.24) is 10.9 Å². The van der Waals surface area contributed by atoms with Crippen molar-refractivity contribution >= 4 is 33.5 Å². The zero-order chi connectivity index (χ0) is 24.7. The first kappa shape index (κ1) is 24.3. The van der Waals surface area contributed by atoms with Gasteiger partial charge in [0.2, 0.25) is 0 Å². The average Bonchev–Trinajstić information content (AvgIpc) is 3.37. The molecule has 12 heteroatoms. The highest BCUT2D eigenvalue weighted by atomic mass is 32.2. The number of sulfonamides is 1. The van der Waals surface area contributed by atoms with E-state index >= 15 is 0 Å². The maximum Gasteiger partial charge on any atom is 0.338 e. The van der Waals surface area contributed by atoms with Gasteiger partial charge in [0, 0.05) is 5.69 Å². The number of amides is 2. The molecule has 34 heavy (non-hydrogen) atoms. The quantitative estimate of drug-likeness (QED) is 0.322. The number of hydrogen-bond acceptors (Lipinski definition) is 8. The van der Waals surface area contributed by atoms with E-state index in [1.165, 1.54) is 37.6 Å². The Morgan fingerprint density at radius 1 is 1.00 bits per heavy atom. The van der Waals surface area contributed by atoms with Gasteiger partial charge in [0.1, 0.15) is 10.6 Å². The molecule has 0 aliphatic heterocycles. The Kier molecular flexibility index (Phi) is 7.53. The predicted octanol–water partition coefficient (Wildman–Crippen LogP) is 2.02. The molecule has 3 rings (SSSR count). The molecule has 0 atom stereocenters. The van der Waals surface area contributed by atoms with Gasteiger partial charge in [-0.05, 0) is 49.4 Å². The van der Waals surface area contributed by atoms with Crippen LogP contribution in [0, 0.1) is 6.92 Å². The molecule has 0 saturated carbocycles. The second-order valence-corrected chi connectivity index (χ2v) is 8.54. The number of nitrogens with one attached hydrogen (secondary N) is 3. The fraction of sp³-hybridized carbons (Fsp3) is 0.136. The van der Waals surface area contributed by atoms with E-state index in [0.29, 0.717) is 5.69 Å². The third-order valence-electron chi connectivity index (χ3n) is 4.39. The van der Waals surface area contributed by atoms with E-state index in [-0.39, 0.29) is 22.0 Å². The number of carbonyl (C=O) groups excluding carboxylic acids is 3. The summed E-state index contributed by atoms with van der Waals surface area (Å²) in [5, 5.41) is 0. The molecule has 0 saturated heterocycles. The van der Waals surface area contributed by atoms with E-state index in [1.54, 1.807) is 24.3 Å². The molecular weight excluding hydrogens is 466 g/mol. The monoisotopic (exact) mass is 487 g/mol. The molecule has 11 nitrogen and oxygen atoms in total. The number of hydrazine groups is 1. The summed E-state index contributed by atoms with van der Waals surface area (Å²) >= 11 is 0. The van der Waals surface area contributed by atoms with E-state index in [1.807, 2.05) is 6.92 Å². The summed E-state index contributed by atoms with van der Waals surface area (Å²) in [7, 11) is -2.82. The standard InChI is InChI=1S/C22H21N3O8S/c1-14-5-8-16(9-6-14)25-34(29,30)19-12-15(7-10-17(19)31-2)22(28)33-13-20(26)23-24-21(27)18-4-3-11-32-18/h3-12,25H,13H2,1-2H3,(H,23,26)(H,24,27). The van der Waals surface area contributed by atoms with Gasteiger partial charge in [-0.2, -0.15) is 0 Å². The molecule has 0 fully saturated rings. The number of rotatable bonds is 8. The number of carbonyl (C=O) groups is 3. The second kappa shape index (κ2) is 10.5. The SMILES string of the molecule is COc1ccc(C(=O)OCC(=O)NNC(=O)c2ccco2)cc1S(=O)(=O)Nc1ccc(C)cc1. The van der Waals surface area contributed by atoms with Crippen molar-refractivity contribution in [3.8, 4) is 5.75 Å². The van der Waals surface area contributed by atoms with Gasteiger partial charge in [0.05, 0.1) is 18.9 Å². The summed E-state index contributed by atoms with van der Waals surface area (Å²) < 4.78 is 43.1. The number of anilines is 1. The molecule has 1 aromatic heterocycles. The average molecular weight is 487 g/mol. The van der Waals surface area contributed by atoms with Gasteiger partial charge < -0.3 is 13.9 Å². The van der Waals surface area contributed by atoms with Crippen LogP contribution in [0.1, 0.15) is 26.5 Å². The van der Waals surface area contributed by atoms with E-state index in [2.05, 4.69) is 15.6 Å². The maximum absolute atomic E-state index is 12.9. The van der Waals surface area contributed by atoms with Crippen LogP contribution in [-0.2, 0) is 19.6 Å². The predicted molar refractivity (Wildman–Crippen MR) is 120 cm³/mol. The van der Waals surface area contributed by atoms with Gasteiger partial charge in [-0.1, -0.05) is 17.7 Å². The Morgan fingerprint density at radius 2 is 1.74 bits per heavy atom. The summed E-state index contributed by atoms with van der Waals surface area (Å²) in [6.07, 6.45) is 1.29. The van der Waals surface area contributed by atoms with E-state index in [9.17, 15) is 22.8 Å². The number of aryl methyl sites for hydroxylation is 1. The smallest absolute Gasteiger partial charge is 0.338 e. The molecule has 3 aromatic rings. The normalized spacial score (nSPS) is 10.8. The molecule has 0 aliphatic rings. The molecule has 3 N–H and O–H groups in total. The Balaban J connectivity index is 1.65. The fourth-order valence-corrected chi connectivity index (χ4v) is 3.95. The van der Waals surface area contributed by atoms with Crippen molar-refractivity contribution in [1.29, 1.82) is 0 Å². The lowest BCUT2D eigenvalue weighted by atomic mass is 10.2. The topological polar surface area (TPSA) is 153 Å². The lowest BCUT2D eigenvalue weighted by Gasteiger charge is -2.13. The van der Waals surface area contributed by atoms with Gasteiger partial charge in [0.25, 0.3) is 15.9 Å². The number of benzene rings is 2. The van der Waals surface area contributed by atoms with Crippen LogP contribution in [0.15, 0.2) is 70.2 Å². The second-order valence-electron chi connectivity index (χ2n) is 6.89. The molecule has 2 aromatic carbocycles. The van der Waals surface area contributed by atoms with Crippen LogP contribution < -0.4 is 20.3 Å². The Labute approximate surface area is 195 Å². The van der Waals surface area contributed by atoms with Crippen LogP contribution in [0.3, 0.4) is 0 Å². The summed E-state index contributed by atoms with van der Waals surface area (Å²) in [5.41, 5.74) is 5.31. The highest BCUT2D eigenvalue weighted by Crippen LogP contribution is 2.27. The third-order valence-corrected chi connectivity index (χ3v) is 5.79. The first-order chi connectivity index (χ1) is 16.2. The van der Waals surface area contributed by atoms with Crippen molar-refractivity contribution in [2.24, 2.45) is 0 Å². The van der Waals surface area contributed by atoms with Crippen LogP contribution in [0.4, 0.5) is 5.69 Å². The van der Waals surface area contributed by atoms with E-state index in [4.69, 9.17) is 13.9 Å². The molecule has 2 amide bonds. The number of esters is 1. The minimum Gasteiger partial charge on any atom is -0.495 e. The van der Waals surface area contributed by atoms with E-state index in [0.717, 1.165) is 11.6 Å². The zero-order valence-electron chi connectivity index (χ0n) is 18.2. The molecule has 0 bridgehead atoms. The molecule has 0 aliphatic carbocycles. The minimum atomic E-state index is -4.11. The molecular formula is C22H21N3O8S. The number of methoxy groups -OCH3 is 1. The van der Waals surface area contributed by atoms with Crippen molar-refractivity contribution < 1.29 is 36.7 Å². The number of hydrogen-bond donors (Lipinski definition) is 3. The van der Waals surface area contributed by atoms with Gasteiger partial charge in [0.15, 0.2) is 12.4 Å². The largest absolute Gasteiger partial charge is 0.495 e. The highest BCUT2D eigenvalue weighted by Gasteiger charge is 2.23. The van der Waals surface area contributed by atoms with Gasteiger partial charge in [-0.25, -0.2) is 13.2 Å². The number of ether oxygens (including phenoxy) is 2. The molecule has 0 spiro atoms. The molecule has 0 unspecified atom stereocenters. The first-order valence-electron chi connectivity index (χ1n) is 9.77. The summed E-state index contributed by atoms with van der Waals surface area (Å²) in [4.78, 5) is 35.7. The molecule has 0 radical (unpaired) electrons. The van der Waals surface area contributed by atoms with Crippen molar-refractivity contribution in [3.05, 3.63) is 77.7 Å². The summed E-state index contributed by atoms with van der Waals surface area (Å²) in [5.74, 6) is -2.49. The number of furan rings is 1. The van der Waals surface area contributed by atoms with Crippen molar-refractivity contribution in [3.63, 3.8) is 0 Å². The van der Waals surface area contributed by atoms with Crippen LogP contribution in [-0.4, -0.2) is 39.9 Å². The Hall–Kier alpha value is -4.32. The maximum atomic E-state index is 12.9. The van der Waals surface area contributed by atoms with Crippen LogP contribution in [0.25, 0.3) is 0 Å². The Bertz CT molecular complexity index is 1290. The lowest BCUT2D eigenvalue weighted by molar-refractivity contribution is -0.125.